The maximum absolute atomic E-state index is 12.0. The van der Waals surface area contributed by atoms with Crippen LogP contribution in [0, 0.1) is 11.8 Å². The van der Waals surface area contributed by atoms with E-state index >= 15 is 0 Å². The molecule has 2 rings (SSSR count). The smallest absolute Gasteiger partial charge is 0.345 e. The Labute approximate surface area is 98.9 Å². The van der Waals surface area contributed by atoms with Gasteiger partial charge in [0, 0.05) is 32.2 Å². The maximum atomic E-state index is 12.0. The molecule has 98 valence electrons. The average Bonchev–Trinajstić information content (AvgIpc) is 2.22. The summed E-state index contributed by atoms with van der Waals surface area (Å²) < 4.78 is 33.4. The Morgan fingerprint density at radius 1 is 1.47 bits per heavy atom. The lowest BCUT2D eigenvalue weighted by atomic mass is 9.87. The van der Waals surface area contributed by atoms with E-state index in [2.05, 4.69) is 4.74 Å². The van der Waals surface area contributed by atoms with Crippen molar-refractivity contribution in [3.8, 4) is 0 Å². The SMILES string of the molecule is CC1COCCC1C(=O)N1CC(OC(F)F)C1. The van der Waals surface area contributed by atoms with Crippen LogP contribution in [-0.2, 0) is 14.3 Å². The van der Waals surface area contributed by atoms with Crippen LogP contribution in [0.25, 0.3) is 0 Å². The van der Waals surface area contributed by atoms with Gasteiger partial charge in [0.05, 0.1) is 6.10 Å². The Balaban J connectivity index is 1.78. The van der Waals surface area contributed by atoms with Crippen molar-refractivity contribution in [1.82, 2.24) is 4.90 Å². The summed E-state index contributed by atoms with van der Waals surface area (Å²) in [6.07, 6.45) is 0.214. The summed E-state index contributed by atoms with van der Waals surface area (Å²) in [5.74, 6) is 0.220. The highest BCUT2D eigenvalue weighted by Gasteiger charge is 2.38. The van der Waals surface area contributed by atoms with Gasteiger partial charge in [-0.05, 0) is 12.3 Å². The minimum absolute atomic E-state index is 0.0313. The summed E-state index contributed by atoms with van der Waals surface area (Å²) in [5, 5.41) is 0. The molecule has 1 amide bonds. The monoisotopic (exact) mass is 249 g/mol. The number of carbonyl (C=O) groups excluding carboxylic acids is 1. The number of rotatable bonds is 3. The predicted octanol–water partition coefficient (Wildman–Crippen LogP) is 1.11. The van der Waals surface area contributed by atoms with Crippen molar-refractivity contribution >= 4 is 5.91 Å². The molecule has 2 aliphatic rings. The third kappa shape index (κ3) is 2.93. The third-order valence-corrected chi connectivity index (χ3v) is 3.41. The second-order valence-electron chi connectivity index (χ2n) is 4.71. The molecule has 0 aliphatic carbocycles. The van der Waals surface area contributed by atoms with Crippen LogP contribution in [0.3, 0.4) is 0 Å². The molecule has 2 heterocycles. The van der Waals surface area contributed by atoms with Gasteiger partial charge >= 0.3 is 6.61 Å². The summed E-state index contributed by atoms with van der Waals surface area (Å²) >= 11 is 0. The van der Waals surface area contributed by atoms with Gasteiger partial charge in [0.25, 0.3) is 0 Å². The van der Waals surface area contributed by atoms with E-state index in [1.54, 1.807) is 4.90 Å². The van der Waals surface area contributed by atoms with Crippen LogP contribution in [0.5, 0.6) is 0 Å². The highest BCUT2D eigenvalue weighted by atomic mass is 19.3. The first-order valence-electron chi connectivity index (χ1n) is 5.88. The largest absolute Gasteiger partial charge is 0.381 e. The summed E-state index contributed by atoms with van der Waals surface area (Å²) in [6.45, 7) is 1.00. The second-order valence-corrected chi connectivity index (χ2v) is 4.71. The zero-order valence-corrected chi connectivity index (χ0v) is 9.77. The molecule has 0 N–H and O–H groups in total. The highest BCUT2D eigenvalue weighted by molar-refractivity contribution is 5.80. The lowest BCUT2D eigenvalue weighted by molar-refractivity contribution is -0.201. The number of hydrogen-bond donors (Lipinski definition) is 0. The Hall–Kier alpha value is -0.750. The van der Waals surface area contributed by atoms with Crippen LogP contribution < -0.4 is 0 Å². The number of carbonyl (C=O) groups is 1. The van der Waals surface area contributed by atoms with Crippen LogP contribution in [0.4, 0.5) is 8.78 Å². The van der Waals surface area contributed by atoms with Crippen LogP contribution in [0.2, 0.25) is 0 Å². The van der Waals surface area contributed by atoms with Crippen molar-refractivity contribution in [2.45, 2.75) is 26.1 Å². The third-order valence-electron chi connectivity index (χ3n) is 3.41. The van der Waals surface area contributed by atoms with Crippen LogP contribution in [-0.4, -0.2) is 49.8 Å². The van der Waals surface area contributed by atoms with Gasteiger partial charge in [-0.2, -0.15) is 8.78 Å². The van der Waals surface area contributed by atoms with E-state index in [0.29, 0.717) is 13.2 Å². The quantitative estimate of drug-likeness (QED) is 0.752. The molecule has 2 fully saturated rings. The molecule has 0 aromatic rings. The average molecular weight is 249 g/mol. The Morgan fingerprint density at radius 2 is 2.18 bits per heavy atom. The van der Waals surface area contributed by atoms with E-state index in [4.69, 9.17) is 4.74 Å². The van der Waals surface area contributed by atoms with Gasteiger partial charge in [-0.3, -0.25) is 4.79 Å². The topological polar surface area (TPSA) is 38.8 Å². The van der Waals surface area contributed by atoms with Gasteiger partial charge in [-0.15, -0.1) is 0 Å². The number of ether oxygens (including phenoxy) is 2. The first-order valence-corrected chi connectivity index (χ1v) is 5.88. The molecule has 2 atom stereocenters. The molecular formula is C11H17F2NO3. The molecule has 4 nitrogen and oxygen atoms in total. The molecule has 0 saturated carbocycles. The van der Waals surface area contributed by atoms with E-state index in [-0.39, 0.29) is 30.8 Å². The normalized spacial score (nSPS) is 30.5. The summed E-state index contributed by atoms with van der Waals surface area (Å²) in [4.78, 5) is 13.6. The van der Waals surface area contributed by atoms with Gasteiger partial charge in [0.2, 0.25) is 5.91 Å². The van der Waals surface area contributed by atoms with Gasteiger partial charge < -0.3 is 14.4 Å². The summed E-state index contributed by atoms with van der Waals surface area (Å²) in [5.41, 5.74) is 0. The number of halogens is 2. The van der Waals surface area contributed by atoms with Crippen molar-refractivity contribution in [3.05, 3.63) is 0 Å². The fraction of sp³-hybridized carbons (Fsp3) is 0.909. The van der Waals surface area contributed by atoms with E-state index in [1.807, 2.05) is 6.92 Å². The van der Waals surface area contributed by atoms with Crippen molar-refractivity contribution in [3.63, 3.8) is 0 Å². The lowest BCUT2D eigenvalue weighted by Crippen LogP contribution is -2.57. The molecule has 6 heteroatoms. The van der Waals surface area contributed by atoms with E-state index in [0.717, 1.165) is 6.42 Å². The molecule has 0 aromatic carbocycles. The van der Waals surface area contributed by atoms with Crippen molar-refractivity contribution in [2.75, 3.05) is 26.3 Å². The molecule has 0 radical (unpaired) electrons. The van der Waals surface area contributed by atoms with Crippen LogP contribution >= 0.6 is 0 Å². The Bertz CT molecular complexity index is 282. The van der Waals surface area contributed by atoms with E-state index in [9.17, 15) is 13.6 Å². The molecule has 0 bridgehead atoms. The second kappa shape index (κ2) is 5.27. The fourth-order valence-electron chi connectivity index (χ4n) is 2.33. The Morgan fingerprint density at radius 3 is 2.76 bits per heavy atom. The molecule has 0 aromatic heterocycles. The fourth-order valence-corrected chi connectivity index (χ4v) is 2.33. The van der Waals surface area contributed by atoms with Gasteiger partial charge in [-0.25, -0.2) is 0 Å². The standard InChI is InChI=1S/C11H17F2NO3/c1-7-6-16-3-2-9(7)10(15)14-4-8(5-14)17-11(12)13/h7-9,11H,2-6H2,1H3. The van der Waals surface area contributed by atoms with Crippen LogP contribution in [0.15, 0.2) is 0 Å². The number of alkyl halides is 2. The zero-order chi connectivity index (χ0) is 12.4. The van der Waals surface area contributed by atoms with Gasteiger partial charge in [0.15, 0.2) is 0 Å². The van der Waals surface area contributed by atoms with E-state index in [1.165, 1.54) is 0 Å². The maximum Gasteiger partial charge on any atom is 0.345 e. The molecule has 2 unspecified atom stereocenters. The number of amides is 1. The van der Waals surface area contributed by atoms with Crippen LogP contribution in [0.1, 0.15) is 13.3 Å². The zero-order valence-electron chi connectivity index (χ0n) is 9.77. The van der Waals surface area contributed by atoms with Gasteiger partial charge in [-0.1, -0.05) is 6.92 Å². The highest BCUT2D eigenvalue weighted by Crippen LogP contribution is 2.26. The first kappa shape index (κ1) is 12.7. The molecular weight excluding hydrogens is 232 g/mol. The minimum atomic E-state index is -2.75. The summed E-state index contributed by atoms with van der Waals surface area (Å²) in [7, 11) is 0. The molecule has 17 heavy (non-hydrogen) atoms. The molecule has 0 spiro atoms. The molecule has 2 aliphatic heterocycles. The summed E-state index contributed by atoms with van der Waals surface area (Å²) in [6, 6.07) is 0. The van der Waals surface area contributed by atoms with Gasteiger partial charge in [0.1, 0.15) is 0 Å². The predicted molar refractivity (Wildman–Crippen MR) is 55.5 cm³/mol. The molecule has 2 saturated heterocycles. The Kier molecular flexibility index (Phi) is 3.93. The van der Waals surface area contributed by atoms with E-state index < -0.39 is 12.7 Å². The lowest BCUT2D eigenvalue weighted by Gasteiger charge is -2.42. The number of nitrogens with zero attached hydrogens (tertiary/aromatic N) is 1. The van der Waals surface area contributed by atoms with Crippen molar-refractivity contribution in [1.29, 1.82) is 0 Å². The number of likely N-dealkylation sites (tertiary alicyclic amines) is 1. The minimum Gasteiger partial charge on any atom is -0.381 e. The number of hydrogen-bond acceptors (Lipinski definition) is 3. The van der Waals surface area contributed by atoms with Crippen molar-refractivity contribution in [2.24, 2.45) is 11.8 Å². The van der Waals surface area contributed by atoms with Crippen molar-refractivity contribution < 1.29 is 23.0 Å². The first-order chi connectivity index (χ1) is 8.08.